The number of nitrogens with zero attached hydrogens (tertiary/aromatic N) is 2. The lowest BCUT2D eigenvalue weighted by molar-refractivity contribution is 0.108. The number of para-hydroxylation sites is 1. The Morgan fingerprint density at radius 1 is 1.15 bits per heavy atom. The molecule has 0 spiro atoms. The van der Waals surface area contributed by atoms with Gasteiger partial charge in [0.1, 0.15) is 12.4 Å². The molecule has 0 amide bonds. The quantitative estimate of drug-likeness (QED) is 0.339. The minimum Gasteiger partial charge on any atom is -0.492 e. The molecule has 0 atom stereocenters. The van der Waals surface area contributed by atoms with E-state index in [0.29, 0.717) is 19.1 Å². The molecule has 0 unspecified atom stereocenters. The van der Waals surface area contributed by atoms with Gasteiger partial charge in [-0.2, -0.15) is 0 Å². The van der Waals surface area contributed by atoms with Crippen LogP contribution in [0.5, 0.6) is 5.75 Å². The lowest BCUT2D eigenvalue weighted by Gasteiger charge is -2.16. The zero-order valence-electron chi connectivity index (χ0n) is 17.0. The van der Waals surface area contributed by atoms with E-state index in [1.54, 1.807) is 7.05 Å². The Bertz CT molecular complexity index is 518. The van der Waals surface area contributed by atoms with Crippen LogP contribution in [0.25, 0.3) is 0 Å². The maximum Gasteiger partial charge on any atom is 0.191 e. The summed E-state index contributed by atoms with van der Waals surface area (Å²) in [7, 11) is 5.87. The van der Waals surface area contributed by atoms with Crippen molar-refractivity contribution in [2.75, 3.05) is 54.1 Å². The number of hydrogen-bond acceptors (Lipinski definition) is 4. The minimum atomic E-state index is 0.581. The van der Waals surface area contributed by atoms with E-state index < -0.39 is 0 Å². The largest absolute Gasteiger partial charge is 0.492 e. The molecule has 1 aromatic carbocycles. The van der Waals surface area contributed by atoms with Crippen LogP contribution < -0.4 is 15.4 Å². The lowest BCUT2D eigenvalue weighted by atomic mass is 10.2. The number of benzene rings is 1. The van der Waals surface area contributed by atoms with Crippen molar-refractivity contribution in [2.45, 2.75) is 26.8 Å². The molecular weight excluding hydrogens is 328 g/mol. The van der Waals surface area contributed by atoms with Gasteiger partial charge in [0.15, 0.2) is 5.96 Å². The van der Waals surface area contributed by atoms with Crippen LogP contribution in [-0.2, 0) is 11.3 Å². The van der Waals surface area contributed by atoms with Crippen LogP contribution >= 0.6 is 0 Å². The van der Waals surface area contributed by atoms with Gasteiger partial charge in [-0.1, -0.05) is 32.0 Å². The fourth-order valence-corrected chi connectivity index (χ4v) is 2.23. The smallest absolute Gasteiger partial charge is 0.191 e. The molecule has 0 bridgehead atoms. The molecule has 6 nitrogen and oxygen atoms in total. The van der Waals surface area contributed by atoms with Gasteiger partial charge in [-0.3, -0.25) is 4.99 Å². The highest BCUT2D eigenvalue weighted by molar-refractivity contribution is 5.79. The highest BCUT2D eigenvalue weighted by Gasteiger charge is 2.05. The van der Waals surface area contributed by atoms with Gasteiger partial charge in [-0.25, -0.2) is 0 Å². The standard InChI is InChI=1S/C20H36N4O2/c1-17(2)16-25-13-8-11-22-20(21-3)23-15-18-9-6-7-10-19(18)26-14-12-24(4)5/h6-7,9-10,17H,8,11-16H2,1-5H3,(H2,21,22,23). The van der Waals surface area contributed by atoms with Crippen molar-refractivity contribution >= 4 is 5.96 Å². The van der Waals surface area contributed by atoms with E-state index in [4.69, 9.17) is 9.47 Å². The van der Waals surface area contributed by atoms with Crippen molar-refractivity contribution in [1.82, 2.24) is 15.5 Å². The summed E-state index contributed by atoms with van der Waals surface area (Å²) in [5.74, 6) is 2.29. The second kappa shape index (κ2) is 13.4. The van der Waals surface area contributed by atoms with E-state index in [2.05, 4.69) is 40.4 Å². The number of hydrogen-bond donors (Lipinski definition) is 2. The molecule has 0 aliphatic heterocycles. The van der Waals surface area contributed by atoms with Gasteiger partial charge in [0.25, 0.3) is 0 Å². The number of nitrogens with one attached hydrogen (secondary N) is 2. The van der Waals surface area contributed by atoms with Gasteiger partial charge >= 0.3 is 0 Å². The van der Waals surface area contributed by atoms with Crippen LogP contribution in [0.2, 0.25) is 0 Å². The molecule has 0 aliphatic rings. The number of rotatable bonds is 12. The van der Waals surface area contributed by atoms with Crippen molar-refractivity contribution in [3.63, 3.8) is 0 Å². The Hall–Kier alpha value is -1.79. The molecule has 0 fully saturated rings. The molecule has 148 valence electrons. The number of ether oxygens (including phenoxy) is 2. The molecule has 0 saturated carbocycles. The predicted octanol–water partition coefficient (Wildman–Crippen LogP) is 2.35. The van der Waals surface area contributed by atoms with Crippen LogP contribution in [0.15, 0.2) is 29.3 Å². The summed E-state index contributed by atoms with van der Waals surface area (Å²) in [4.78, 5) is 6.38. The van der Waals surface area contributed by atoms with E-state index in [-0.39, 0.29) is 0 Å². The Morgan fingerprint density at radius 3 is 2.62 bits per heavy atom. The summed E-state index contributed by atoms with van der Waals surface area (Å²) in [6.45, 7) is 8.97. The van der Waals surface area contributed by atoms with Crippen LogP contribution in [0.3, 0.4) is 0 Å². The number of guanidine groups is 1. The van der Waals surface area contributed by atoms with Crippen molar-refractivity contribution in [2.24, 2.45) is 10.9 Å². The highest BCUT2D eigenvalue weighted by atomic mass is 16.5. The summed E-state index contributed by atoms with van der Waals surface area (Å²) in [5, 5.41) is 6.66. The van der Waals surface area contributed by atoms with Crippen molar-refractivity contribution in [3.05, 3.63) is 29.8 Å². The molecular formula is C20H36N4O2. The summed E-state index contributed by atoms with van der Waals surface area (Å²) in [5.41, 5.74) is 1.12. The summed E-state index contributed by atoms with van der Waals surface area (Å²) in [6.07, 6.45) is 0.956. The zero-order valence-corrected chi connectivity index (χ0v) is 17.0. The Labute approximate surface area is 159 Å². The van der Waals surface area contributed by atoms with Crippen molar-refractivity contribution in [3.8, 4) is 5.75 Å². The van der Waals surface area contributed by atoms with Gasteiger partial charge in [-0.05, 0) is 32.5 Å². The van der Waals surface area contributed by atoms with Crippen molar-refractivity contribution < 1.29 is 9.47 Å². The Morgan fingerprint density at radius 2 is 1.92 bits per heavy atom. The van der Waals surface area contributed by atoms with Gasteiger partial charge < -0.3 is 25.0 Å². The first-order valence-corrected chi connectivity index (χ1v) is 9.40. The second-order valence-corrected chi connectivity index (χ2v) is 6.93. The topological polar surface area (TPSA) is 58.1 Å². The average molecular weight is 365 g/mol. The average Bonchev–Trinajstić information content (AvgIpc) is 2.61. The van der Waals surface area contributed by atoms with Gasteiger partial charge in [0, 0.05) is 45.5 Å². The fourth-order valence-electron chi connectivity index (χ4n) is 2.23. The van der Waals surface area contributed by atoms with Crippen LogP contribution in [-0.4, -0.2) is 64.9 Å². The van der Waals surface area contributed by atoms with E-state index in [9.17, 15) is 0 Å². The minimum absolute atomic E-state index is 0.581. The predicted molar refractivity (Wildman–Crippen MR) is 109 cm³/mol. The highest BCUT2D eigenvalue weighted by Crippen LogP contribution is 2.17. The molecule has 0 aliphatic carbocycles. The molecule has 0 saturated heterocycles. The third kappa shape index (κ3) is 10.3. The maximum absolute atomic E-state index is 5.90. The van der Waals surface area contributed by atoms with Crippen LogP contribution in [0.1, 0.15) is 25.8 Å². The van der Waals surface area contributed by atoms with E-state index in [0.717, 1.165) is 50.0 Å². The normalized spacial score (nSPS) is 11.9. The van der Waals surface area contributed by atoms with Gasteiger partial charge in [0.2, 0.25) is 0 Å². The van der Waals surface area contributed by atoms with E-state index >= 15 is 0 Å². The zero-order chi connectivity index (χ0) is 19.2. The summed E-state index contributed by atoms with van der Waals surface area (Å²) in [6, 6.07) is 8.11. The second-order valence-electron chi connectivity index (χ2n) is 6.93. The summed E-state index contributed by atoms with van der Waals surface area (Å²) >= 11 is 0. The Balaban J connectivity index is 2.34. The number of likely N-dealkylation sites (N-methyl/N-ethyl adjacent to an activating group) is 1. The monoisotopic (exact) mass is 364 g/mol. The lowest BCUT2D eigenvalue weighted by Crippen LogP contribution is -2.37. The van der Waals surface area contributed by atoms with Crippen molar-refractivity contribution in [1.29, 1.82) is 0 Å². The first-order chi connectivity index (χ1) is 12.5. The van der Waals surface area contributed by atoms with Gasteiger partial charge in [0.05, 0.1) is 0 Å². The molecule has 26 heavy (non-hydrogen) atoms. The maximum atomic E-state index is 5.90. The first-order valence-electron chi connectivity index (χ1n) is 9.40. The summed E-state index contributed by atoms with van der Waals surface area (Å²) < 4.78 is 11.5. The van der Waals surface area contributed by atoms with Crippen LogP contribution in [0.4, 0.5) is 0 Å². The Kier molecular flexibility index (Phi) is 11.5. The fraction of sp³-hybridized carbons (Fsp3) is 0.650. The third-order valence-electron chi connectivity index (χ3n) is 3.65. The molecule has 0 aromatic heterocycles. The van der Waals surface area contributed by atoms with E-state index in [1.807, 2.05) is 32.3 Å². The van der Waals surface area contributed by atoms with Crippen LogP contribution in [0, 0.1) is 5.92 Å². The molecule has 2 N–H and O–H groups in total. The SMILES string of the molecule is CN=C(NCCCOCC(C)C)NCc1ccccc1OCCN(C)C. The molecule has 1 aromatic rings. The third-order valence-corrected chi connectivity index (χ3v) is 3.65. The van der Waals surface area contributed by atoms with Gasteiger partial charge in [-0.15, -0.1) is 0 Å². The molecule has 0 heterocycles. The van der Waals surface area contributed by atoms with E-state index in [1.165, 1.54) is 0 Å². The first kappa shape index (κ1) is 22.3. The molecule has 0 radical (unpaired) electrons. The molecule has 6 heteroatoms. The molecule has 1 rings (SSSR count). The number of aliphatic imine (C=N–C) groups is 1.